The van der Waals surface area contributed by atoms with E-state index >= 15 is 0 Å². The molecule has 2 fully saturated rings. The first-order chi connectivity index (χ1) is 18.1. The molecular formula is C28H31N7O2. The predicted octanol–water partition coefficient (Wildman–Crippen LogP) is 3.35. The number of hydrogen-bond donors (Lipinski definition) is 2. The molecule has 4 aromatic rings. The zero-order valence-corrected chi connectivity index (χ0v) is 20.9. The molecule has 1 amide bonds. The number of nitrogens with zero attached hydrogens (tertiary/aromatic N) is 5. The third-order valence-corrected chi connectivity index (χ3v) is 7.28. The monoisotopic (exact) mass is 497 g/mol. The minimum absolute atomic E-state index is 0.0772. The molecule has 3 N–H and O–H groups in total. The van der Waals surface area contributed by atoms with Gasteiger partial charge in [-0.3, -0.25) is 9.69 Å². The molecule has 0 saturated carbocycles. The zero-order valence-electron chi connectivity index (χ0n) is 20.9. The van der Waals surface area contributed by atoms with Crippen molar-refractivity contribution >= 4 is 22.8 Å². The summed E-state index contributed by atoms with van der Waals surface area (Å²) < 4.78 is 7.48. The van der Waals surface area contributed by atoms with Crippen molar-refractivity contribution < 1.29 is 9.53 Å². The van der Waals surface area contributed by atoms with E-state index in [4.69, 9.17) is 15.6 Å². The van der Waals surface area contributed by atoms with Gasteiger partial charge in [0.2, 0.25) is 0 Å². The molecule has 2 aromatic heterocycles. The maximum absolute atomic E-state index is 12.6. The van der Waals surface area contributed by atoms with Crippen LogP contribution in [0.15, 0.2) is 54.9 Å². The Kier molecular flexibility index (Phi) is 6.31. The van der Waals surface area contributed by atoms with Crippen molar-refractivity contribution in [1.29, 1.82) is 0 Å². The molecule has 2 atom stereocenters. The summed E-state index contributed by atoms with van der Waals surface area (Å²) in [6, 6.07) is 15.9. The number of anilines is 1. The van der Waals surface area contributed by atoms with Gasteiger partial charge < -0.3 is 15.8 Å². The first-order valence-electron chi connectivity index (χ1n) is 12.8. The largest absolute Gasteiger partial charge is 0.383 e. The maximum Gasteiger partial charge on any atom is 0.251 e. The Hall–Kier alpha value is -3.82. The van der Waals surface area contributed by atoms with E-state index in [2.05, 4.69) is 20.2 Å². The molecule has 2 aliphatic heterocycles. The molecule has 6 rings (SSSR count). The summed E-state index contributed by atoms with van der Waals surface area (Å²) in [5.74, 6) is 0.353. The van der Waals surface area contributed by atoms with Crippen molar-refractivity contribution in [3.63, 3.8) is 0 Å². The van der Waals surface area contributed by atoms with Crippen molar-refractivity contribution in [2.24, 2.45) is 0 Å². The molecule has 0 radical (unpaired) electrons. The Morgan fingerprint density at radius 2 is 1.97 bits per heavy atom. The van der Waals surface area contributed by atoms with Crippen molar-refractivity contribution in [2.75, 3.05) is 32.0 Å². The van der Waals surface area contributed by atoms with Crippen LogP contribution in [-0.2, 0) is 11.3 Å². The first-order valence-corrected chi connectivity index (χ1v) is 12.8. The van der Waals surface area contributed by atoms with Gasteiger partial charge in [-0.05, 0) is 43.5 Å². The molecule has 9 heteroatoms. The van der Waals surface area contributed by atoms with Crippen molar-refractivity contribution in [2.45, 2.75) is 38.5 Å². The van der Waals surface area contributed by atoms with E-state index in [0.717, 1.165) is 72.5 Å². The average Bonchev–Trinajstić information content (AvgIpc) is 3.64. The highest BCUT2D eigenvalue weighted by Gasteiger charge is 2.31. The summed E-state index contributed by atoms with van der Waals surface area (Å²) >= 11 is 0. The number of aryl methyl sites for hydroxylation is 1. The third kappa shape index (κ3) is 4.92. The fourth-order valence-corrected chi connectivity index (χ4v) is 5.20. The Labute approximate surface area is 215 Å². The number of aromatic nitrogens is 4. The predicted molar refractivity (Wildman–Crippen MR) is 142 cm³/mol. The quantitative estimate of drug-likeness (QED) is 0.376. The van der Waals surface area contributed by atoms with E-state index in [-0.39, 0.29) is 11.9 Å². The van der Waals surface area contributed by atoms with Gasteiger partial charge in [0, 0.05) is 30.8 Å². The van der Waals surface area contributed by atoms with Crippen LogP contribution in [0, 0.1) is 6.92 Å². The zero-order chi connectivity index (χ0) is 25.4. The van der Waals surface area contributed by atoms with Crippen LogP contribution < -0.4 is 11.1 Å². The van der Waals surface area contributed by atoms with Gasteiger partial charge in [-0.2, -0.15) is 5.10 Å². The summed E-state index contributed by atoms with van der Waals surface area (Å²) in [6.45, 7) is 6.22. The molecule has 0 spiro atoms. The van der Waals surface area contributed by atoms with E-state index in [0.29, 0.717) is 24.0 Å². The number of hydrogen-bond acceptors (Lipinski definition) is 7. The fourth-order valence-electron chi connectivity index (χ4n) is 5.20. The van der Waals surface area contributed by atoms with Crippen LogP contribution in [0.1, 0.15) is 40.4 Å². The normalized spacial score (nSPS) is 19.7. The van der Waals surface area contributed by atoms with Crippen LogP contribution in [0.5, 0.6) is 0 Å². The number of rotatable bonds is 7. The highest BCUT2D eigenvalue weighted by Crippen LogP contribution is 2.34. The lowest BCUT2D eigenvalue weighted by Gasteiger charge is -2.32. The summed E-state index contributed by atoms with van der Waals surface area (Å²) in [4.78, 5) is 23.9. The fraction of sp³-hybridized carbons (Fsp3) is 0.357. The molecule has 9 nitrogen and oxygen atoms in total. The molecule has 0 bridgehead atoms. The van der Waals surface area contributed by atoms with Crippen LogP contribution in [-0.4, -0.2) is 62.9 Å². The number of nitrogens with two attached hydrogens (primary N) is 1. The van der Waals surface area contributed by atoms with Crippen LogP contribution >= 0.6 is 0 Å². The van der Waals surface area contributed by atoms with Gasteiger partial charge in [0.15, 0.2) is 5.65 Å². The minimum atomic E-state index is -0.0772. The van der Waals surface area contributed by atoms with Gasteiger partial charge in [-0.1, -0.05) is 42.5 Å². The lowest BCUT2D eigenvalue weighted by Crippen LogP contribution is -2.39. The van der Waals surface area contributed by atoms with Gasteiger partial charge in [-0.15, -0.1) is 0 Å². The SMILES string of the molecule is Cc1ccccc1C(=O)NCc1ccc(-c2nn(C3CCCN(C[C@@H]4CO4)C3)c3ncnc(N)c23)cc1. The number of amides is 1. The molecular weight excluding hydrogens is 466 g/mol. The van der Waals surface area contributed by atoms with Crippen LogP contribution in [0.3, 0.4) is 0 Å². The smallest absolute Gasteiger partial charge is 0.251 e. The summed E-state index contributed by atoms with van der Waals surface area (Å²) in [5.41, 5.74) is 11.5. The Morgan fingerprint density at radius 3 is 2.76 bits per heavy atom. The van der Waals surface area contributed by atoms with Crippen molar-refractivity contribution in [3.05, 3.63) is 71.5 Å². The van der Waals surface area contributed by atoms with Crippen LogP contribution in [0.2, 0.25) is 0 Å². The van der Waals surface area contributed by atoms with Gasteiger partial charge >= 0.3 is 0 Å². The maximum atomic E-state index is 12.6. The van der Waals surface area contributed by atoms with Crippen molar-refractivity contribution in [3.8, 4) is 11.3 Å². The number of epoxide rings is 1. The lowest BCUT2D eigenvalue weighted by atomic mass is 10.1. The molecule has 1 unspecified atom stereocenters. The highest BCUT2D eigenvalue weighted by molar-refractivity contribution is 5.98. The topological polar surface area (TPSA) is 114 Å². The van der Waals surface area contributed by atoms with E-state index in [1.165, 1.54) is 6.33 Å². The Bertz CT molecular complexity index is 1430. The second-order valence-electron chi connectivity index (χ2n) is 9.96. The number of likely N-dealkylation sites (tertiary alicyclic amines) is 1. The van der Waals surface area contributed by atoms with Gasteiger partial charge in [-0.25, -0.2) is 14.6 Å². The Morgan fingerprint density at radius 1 is 1.16 bits per heavy atom. The number of ether oxygens (including phenoxy) is 1. The van der Waals surface area contributed by atoms with E-state index in [9.17, 15) is 4.79 Å². The number of carbonyl (C=O) groups is 1. The minimum Gasteiger partial charge on any atom is -0.383 e. The molecule has 0 aliphatic carbocycles. The third-order valence-electron chi connectivity index (χ3n) is 7.28. The summed E-state index contributed by atoms with van der Waals surface area (Å²) in [7, 11) is 0. The lowest BCUT2D eigenvalue weighted by molar-refractivity contribution is 0.0950. The van der Waals surface area contributed by atoms with Crippen molar-refractivity contribution in [1.82, 2.24) is 30.0 Å². The summed E-state index contributed by atoms with van der Waals surface area (Å²) in [6.07, 6.45) is 4.04. The van der Waals surface area contributed by atoms with Crippen LogP contribution in [0.4, 0.5) is 5.82 Å². The molecule has 37 heavy (non-hydrogen) atoms. The second-order valence-corrected chi connectivity index (χ2v) is 9.96. The average molecular weight is 498 g/mol. The highest BCUT2D eigenvalue weighted by atomic mass is 16.6. The van der Waals surface area contributed by atoms with E-state index < -0.39 is 0 Å². The number of nitrogens with one attached hydrogen (secondary N) is 1. The molecule has 4 heterocycles. The number of nitrogen functional groups attached to an aromatic ring is 1. The molecule has 2 aliphatic rings. The molecule has 190 valence electrons. The van der Waals surface area contributed by atoms with E-state index in [1.54, 1.807) is 0 Å². The Balaban J connectivity index is 1.23. The number of benzene rings is 2. The number of carbonyl (C=O) groups excluding carboxylic acids is 1. The van der Waals surface area contributed by atoms with Gasteiger partial charge in [0.1, 0.15) is 17.8 Å². The molecule has 2 saturated heterocycles. The second kappa shape index (κ2) is 9.91. The standard InChI is InChI=1S/C28H31N7O2/c1-18-5-2-3-7-23(18)28(36)30-13-19-8-10-20(11-9-19)25-24-26(29)31-17-32-27(24)35(33-25)21-6-4-12-34(14-21)15-22-16-37-22/h2-3,5,7-11,17,21-22H,4,6,12-16H2,1H3,(H,30,36)(H2,29,31,32)/t21?,22-/m1/s1. The summed E-state index contributed by atoms with van der Waals surface area (Å²) in [5, 5.41) is 8.83. The van der Waals surface area contributed by atoms with Gasteiger partial charge in [0.25, 0.3) is 5.91 Å². The van der Waals surface area contributed by atoms with Gasteiger partial charge in [0.05, 0.1) is 24.1 Å². The first kappa shape index (κ1) is 23.6. The van der Waals surface area contributed by atoms with E-state index in [1.807, 2.05) is 60.1 Å². The molecule has 2 aromatic carbocycles. The van der Waals surface area contributed by atoms with Crippen LogP contribution in [0.25, 0.3) is 22.3 Å². The number of fused-ring (bicyclic) bond motifs is 1. The number of piperidine rings is 1.